The summed E-state index contributed by atoms with van der Waals surface area (Å²) in [5.41, 5.74) is 5.39. The highest BCUT2D eigenvalue weighted by atomic mass is 32.1. The van der Waals surface area contributed by atoms with Gasteiger partial charge in [0.2, 0.25) is 0 Å². The van der Waals surface area contributed by atoms with Crippen molar-refractivity contribution in [2.24, 2.45) is 0 Å². The van der Waals surface area contributed by atoms with Gasteiger partial charge in [-0.25, -0.2) is 0 Å². The van der Waals surface area contributed by atoms with Gasteiger partial charge in [0.1, 0.15) is 4.83 Å². The quantitative estimate of drug-likeness (QED) is 0.512. The molecule has 6 nitrogen and oxygen atoms in total. The van der Waals surface area contributed by atoms with E-state index in [-0.39, 0.29) is 18.0 Å². The van der Waals surface area contributed by atoms with Gasteiger partial charge in [0.25, 0.3) is 11.5 Å². The number of fused-ring (bicyclic) bond motifs is 1. The van der Waals surface area contributed by atoms with Crippen molar-refractivity contribution in [3.05, 3.63) is 85.3 Å². The Morgan fingerprint density at radius 1 is 1.13 bits per heavy atom. The zero-order valence-corrected chi connectivity index (χ0v) is 18.3. The second kappa shape index (κ2) is 7.91. The van der Waals surface area contributed by atoms with E-state index in [0.717, 1.165) is 27.2 Å². The van der Waals surface area contributed by atoms with Crippen LogP contribution >= 0.6 is 11.3 Å². The third-order valence-corrected chi connectivity index (χ3v) is 6.35. The molecule has 4 aromatic rings. The fourth-order valence-electron chi connectivity index (χ4n) is 3.56. The number of amides is 1. The molecule has 0 atom stereocenters. The second-order valence-corrected chi connectivity index (χ2v) is 8.71. The van der Waals surface area contributed by atoms with Crippen LogP contribution in [-0.4, -0.2) is 20.7 Å². The van der Waals surface area contributed by atoms with E-state index in [2.05, 4.69) is 46.6 Å². The van der Waals surface area contributed by atoms with Gasteiger partial charge < -0.3 is 10.3 Å². The molecule has 30 heavy (non-hydrogen) atoms. The molecule has 0 bridgehead atoms. The van der Waals surface area contributed by atoms with Crippen LogP contribution in [0.25, 0.3) is 10.2 Å². The highest BCUT2D eigenvalue weighted by Crippen LogP contribution is 2.29. The van der Waals surface area contributed by atoms with Gasteiger partial charge in [0, 0.05) is 23.2 Å². The summed E-state index contributed by atoms with van der Waals surface area (Å²) in [7, 11) is 0. The maximum Gasteiger partial charge on any atom is 0.261 e. The minimum atomic E-state index is -0.183. The molecule has 0 saturated carbocycles. The molecule has 4 rings (SSSR count). The average Bonchev–Trinajstić information content (AvgIpc) is 3.24. The van der Waals surface area contributed by atoms with Gasteiger partial charge in [-0.2, -0.15) is 5.10 Å². The van der Waals surface area contributed by atoms with E-state index in [9.17, 15) is 9.59 Å². The maximum atomic E-state index is 12.8. The summed E-state index contributed by atoms with van der Waals surface area (Å²) in [5, 5.41) is 8.51. The molecule has 0 unspecified atom stereocenters. The van der Waals surface area contributed by atoms with Crippen LogP contribution in [0.15, 0.2) is 41.2 Å². The number of nitrogens with zero attached hydrogens (tertiary/aromatic N) is 2. The molecule has 154 valence electrons. The molecule has 1 aromatic carbocycles. The highest BCUT2D eigenvalue weighted by Gasteiger charge is 2.17. The molecular formula is C23H24N4O2S. The highest BCUT2D eigenvalue weighted by molar-refractivity contribution is 7.20. The molecule has 3 heterocycles. The Balaban J connectivity index is 1.55. The van der Waals surface area contributed by atoms with Gasteiger partial charge in [0.15, 0.2) is 0 Å². The van der Waals surface area contributed by atoms with Crippen molar-refractivity contribution in [3.63, 3.8) is 0 Å². The zero-order valence-electron chi connectivity index (χ0n) is 17.5. The average molecular weight is 421 g/mol. The number of benzene rings is 1. The molecule has 0 saturated heterocycles. The largest absolute Gasteiger partial charge is 0.347 e. The summed E-state index contributed by atoms with van der Waals surface area (Å²) < 4.78 is 1.95. The van der Waals surface area contributed by atoms with E-state index in [0.29, 0.717) is 17.0 Å². The number of aryl methyl sites for hydroxylation is 4. The second-order valence-electron chi connectivity index (χ2n) is 7.68. The van der Waals surface area contributed by atoms with Gasteiger partial charge in [-0.1, -0.05) is 29.8 Å². The van der Waals surface area contributed by atoms with Crippen LogP contribution in [-0.2, 0) is 13.1 Å². The third-order valence-electron chi connectivity index (χ3n) is 5.20. The van der Waals surface area contributed by atoms with Crippen LogP contribution < -0.4 is 10.9 Å². The van der Waals surface area contributed by atoms with E-state index in [1.807, 2.05) is 37.6 Å². The number of hydrogen-bond acceptors (Lipinski definition) is 4. The predicted octanol–water partition coefficient (Wildman–Crippen LogP) is 4.00. The normalized spacial score (nSPS) is 11.2. The summed E-state index contributed by atoms with van der Waals surface area (Å²) in [6, 6.07) is 12.2. The van der Waals surface area contributed by atoms with E-state index in [1.54, 1.807) is 0 Å². The van der Waals surface area contributed by atoms with Crippen molar-refractivity contribution in [2.75, 3.05) is 0 Å². The molecule has 0 spiro atoms. The minimum Gasteiger partial charge on any atom is -0.347 e. The van der Waals surface area contributed by atoms with Crippen LogP contribution in [0.3, 0.4) is 0 Å². The number of pyridine rings is 1. The minimum absolute atomic E-state index is 0.159. The first kappa shape index (κ1) is 20.1. The number of hydrogen-bond donors (Lipinski definition) is 2. The van der Waals surface area contributed by atoms with Crippen molar-refractivity contribution in [1.82, 2.24) is 20.1 Å². The first-order chi connectivity index (χ1) is 14.3. The summed E-state index contributed by atoms with van der Waals surface area (Å²) in [6.45, 7) is 8.60. The lowest BCUT2D eigenvalue weighted by Gasteiger charge is -2.07. The molecule has 3 aromatic heterocycles. The van der Waals surface area contributed by atoms with Crippen molar-refractivity contribution < 1.29 is 4.79 Å². The number of rotatable bonds is 5. The fourth-order valence-corrected chi connectivity index (χ4v) is 4.63. The molecule has 0 fully saturated rings. The number of aromatic amines is 1. The zero-order chi connectivity index (χ0) is 21.4. The first-order valence-corrected chi connectivity index (χ1v) is 10.6. The summed E-state index contributed by atoms with van der Waals surface area (Å²) >= 11 is 1.42. The standard InChI is InChI=1S/C23H24N4O2S/c1-13-5-7-17(8-6-13)12-27-23-18(16(4)26-27)10-20(30-23)22(29)24-11-19-14(2)9-15(3)25-21(19)28/h5-10H,11-12H2,1-4H3,(H,24,29)(H,25,28). The molecule has 7 heteroatoms. The lowest BCUT2D eigenvalue weighted by Crippen LogP contribution is -2.27. The lowest BCUT2D eigenvalue weighted by molar-refractivity contribution is 0.0955. The van der Waals surface area contributed by atoms with E-state index < -0.39 is 0 Å². The molecule has 0 radical (unpaired) electrons. The smallest absolute Gasteiger partial charge is 0.261 e. The van der Waals surface area contributed by atoms with Crippen LogP contribution in [0.2, 0.25) is 0 Å². The van der Waals surface area contributed by atoms with Crippen molar-refractivity contribution in [1.29, 1.82) is 0 Å². The Kier molecular flexibility index (Phi) is 5.30. The van der Waals surface area contributed by atoms with Gasteiger partial charge in [-0.15, -0.1) is 11.3 Å². The molecule has 1 amide bonds. The van der Waals surface area contributed by atoms with Crippen LogP contribution in [0.4, 0.5) is 0 Å². The van der Waals surface area contributed by atoms with Crippen molar-refractivity contribution in [2.45, 2.75) is 40.8 Å². The SMILES string of the molecule is Cc1ccc(Cn2nc(C)c3cc(C(=O)NCc4c(C)cc(C)[nH]c4=O)sc32)cc1. The Bertz CT molecular complexity index is 1300. The van der Waals surface area contributed by atoms with Crippen molar-refractivity contribution in [3.8, 4) is 0 Å². The van der Waals surface area contributed by atoms with Gasteiger partial charge in [0.05, 0.1) is 17.1 Å². The summed E-state index contributed by atoms with van der Waals surface area (Å²) in [5.74, 6) is -0.183. The van der Waals surface area contributed by atoms with Crippen LogP contribution in [0.5, 0.6) is 0 Å². The Hall–Kier alpha value is -3.19. The monoisotopic (exact) mass is 420 g/mol. The number of aromatic nitrogens is 3. The summed E-state index contributed by atoms with van der Waals surface area (Å²) in [6.07, 6.45) is 0. The molecule has 2 N–H and O–H groups in total. The van der Waals surface area contributed by atoms with Crippen LogP contribution in [0, 0.1) is 27.7 Å². The number of H-pyrrole nitrogens is 1. The summed E-state index contributed by atoms with van der Waals surface area (Å²) in [4.78, 5) is 29.3. The van der Waals surface area contributed by atoms with Crippen LogP contribution in [0.1, 0.15) is 43.3 Å². The number of carbonyl (C=O) groups excluding carboxylic acids is 1. The van der Waals surface area contributed by atoms with E-state index in [1.165, 1.54) is 22.5 Å². The van der Waals surface area contributed by atoms with Crippen molar-refractivity contribution >= 4 is 27.5 Å². The molecule has 0 aliphatic rings. The molecular weight excluding hydrogens is 396 g/mol. The topological polar surface area (TPSA) is 79.8 Å². The van der Waals surface area contributed by atoms with E-state index in [4.69, 9.17) is 0 Å². The Morgan fingerprint density at radius 3 is 2.57 bits per heavy atom. The predicted molar refractivity (Wildman–Crippen MR) is 120 cm³/mol. The molecule has 0 aliphatic heterocycles. The first-order valence-electron chi connectivity index (χ1n) is 9.82. The van der Waals surface area contributed by atoms with Gasteiger partial charge in [-0.3, -0.25) is 14.3 Å². The van der Waals surface area contributed by atoms with E-state index >= 15 is 0 Å². The lowest BCUT2D eigenvalue weighted by atomic mass is 10.1. The number of carbonyl (C=O) groups is 1. The Morgan fingerprint density at radius 2 is 1.87 bits per heavy atom. The number of thiophene rings is 1. The maximum absolute atomic E-state index is 12.8. The van der Waals surface area contributed by atoms with Gasteiger partial charge in [-0.05, 0) is 51.0 Å². The molecule has 0 aliphatic carbocycles. The van der Waals surface area contributed by atoms with Gasteiger partial charge >= 0.3 is 0 Å². The fraction of sp³-hybridized carbons (Fsp3) is 0.261. The third kappa shape index (κ3) is 3.93. The Labute approximate surface area is 178 Å². The number of nitrogens with one attached hydrogen (secondary N) is 2.